The Morgan fingerprint density at radius 1 is 1.12 bits per heavy atom. The number of nitrogens with one attached hydrogen (secondary N) is 1. The van der Waals surface area contributed by atoms with Crippen molar-refractivity contribution in [2.24, 2.45) is 39.9 Å². The van der Waals surface area contributed by atoms with Crippen molar-refractivity contribution in [3.05, 3.63) is 23.8 Å². The van der Waals surface area contributed by atoms with E-state index in [1.165, 1.54) is 13.0 Å². The van der Waals surface area contributed by atoms with Gasteiger partial charge in [0, 0.05) is 30.7 Å². The number of halogens is 1. The van der Waals surface area contributed by atoms with Crippen LogP contribution in [0.5, 0.6) is 0 Å². The van der Waals surface area contributed by atoms with Crippen molar-refractivity contribution in [3.8, 4) is 0 Å². The number of carbonyl (C=O) groups is 4. The number of ketones is 2. The van der Waals surface area contributed by atoms with Crippen LogP contribution in [0.2, 0.25) is 0 Å². The molecule has 1 amide bonds. The van der Waals surface area contributed by atoms with E-state index in [4.69, 9.17) is 11.6 Å². The first-order valence-electron chi connectivity index (χ1n) is 15.1. The first-order chi connectivity index (χ1) is 19.0. The maximum atomic E-state index is 14.2. The molecule has 4 fully saturated rings. The lowest BCUT2D eigenvalue weighted by atomic mass is 9.45. The van der Waals surface area contributed by atoms with Crippen LogP contribution in [0, 0.1) is 39.9 Å². The lowest BCUT2D eigenvalue weighted by Gasteiger charge is -2.64. The molecule has 0 aromatic rings. The molecular formula is C32H44ClNO7. The summed E-state index contributed by atoms with van der Waals surface area (Å²) in [7, 11) is 0. The van der Waals surface area contributed by atoms with Crippen molar-refractivity contribution in [1.82, 2.24) is 5.32 Å². The largest absolute Gasteiger partial charge is 0.481 e. The minimum Gasteiger partial charge on any atom is -0.481 e. The van der Waals surface area contributed by atoms with Crippen LogP contribution < -0.4 is 5.32 Å². The van der Waals surface area contributed by atoms with Gasteiger partial charge in [0.25, 0.3) is 0 Å². The Labute approximate surface area is 247 Å². The zero-order valence-electron chi connectivity index (χ0n) is 24.5. The molecule has 8 atom stereocenters. The summed E-state index contributed by atoms with van der Waals surface area (Å²) in [5, 5.41) is 37.3. The Hall–Kier alpha value is -2.03. The second-order valence-electron chi connectivity index (χ2n) is 14.2. The molecule has 8 nitrogen and oxygen atoms in total. The fourth-order valence-electron chi connectivity index (χ4n) is 9.77. The molecule has 226 valence electrons. The van der Waals surface area contributed by atoms with Crippen LogP contribution in [0.25, 0.3) is 0 Å². The number of Topliss-reactive ketones (excluding diaryl/α,β-unsaturated/α-hetero) is 1. The fraction of sp³-hybridized carbons (Fsp3) is 0.750. The van der Waals surface area contributed by atoms with Crippen molar-refractivity contribution in [2.45, 2.75) is 102 Å². The van der Waals surface area contributed by atoms with E-state index in [1.54, 1.807) is 6.08 Å². The molecule has 4 saturated carbocycles. The van der Waals surface area contributed by atoms with Gasteiger partial charge >= 0.3 is 5.97 Å². The molecule has 0 heterocycles. The van der Waals surface area contributed by atoms with Gasteiger partial charge in [0.1, 0.15) is 5.60 Å². The normalized spacial score (nSPS) is 47.0. The summed E-state index contributed by atoms with van der Waals surface area (Å²) in [6.07, 6.45) is 7.35. The van der Waals surface area contributed by atoms with Gasteiger partial charge in [0.2, 0.25) is 5.91 Å². The van der Waals surface area contributed by atoms with Crippen LogP contribution in [0.15, 0.2) is 23.8 Å². The minimum atomic E-state index is -1.80. The highest BCUT2D eigenvalue weighted by molar-refractivity contribution is 6.26. The van der Waals surface area contributed by atoms with Gasteiger partial charge < -0.3 is 20.6 Å². The highest BCUT2D eigenvalue weighted by Crippen LogP contribution is 2.71. The number of aliphatic hydroxyl groups excluding tert-OH is 1. The van der Waals surface area contributed by atoms with Crippen LogP contribution in [0.4, 0.5) is 0 Å². The number of allylic oxidation sites excluding steroid dienone is 4. The van der Waals surface area contributed by atoms with Crippen molar-refractivity contribution in [1.29, 1.82) is 0 Å². The molecule has 9 heteroatoms. The Bertz CT molecular complexity index is 1220. The molecule has 5 aliphatic rings. The van der Waals surface area contributed by atoms with E-state index >= 15 is 0 Å². The average Bonchev–Trinajstić information content (AvgIpc) is 3.11. The summed E-state index contributed by atoms with van der Waals surface area (Å²) in [6.45, 7) is 7.65. The molecule has 0 radical (unpaired) electrons. The predicted octanol–water partition coefficient (Wildman–Crippen LogP) is 3.96. The number of carboxylic acid groups (broad SMARTS) is 1. The molecule has 0 aromatic carbocycles. The number of rotatable bonds is 6. The summed E-state index contributed by atoms with van der Waals surface area (Å²) >= 11 is 7.49. The number of alkyl halides is 1. The Kier molecular flexibility index (Phi) is 7.44. The van der Waals surface area contributed by atoms with Crippen LogP contribution in [-0.2, 0) is 19.2 Å². The van der Waals surface area contributed by atoms with Crippen molar-refractivity contribution >= 4 is 35.0 Å². The van der Waals surface area contributed by atoms with Crippen LogP contribution in [0.3, 0.4) is 0 Å². The first-order valence-corrected chi connectivity index (χ1v) is 15.5. The van der Waals surface area contributed by atoms with Crippen molar-refractivity contribution < 1.29 is 34.5 Å². The Morgan fingerprint density at radius 3 is 2.39 bits per heavy atom. The quantitative estimate of drug-likeness (QED) is 0.344. The molecule has 0 aromatic heterocycles. The summed E-state index contributed by atoms with van der Waals surface area (Å²) in [6, 6.07) is 0. The third-order valence-corrected chi connectivity index (χ3v) is 13.2. The molecule has 5 rings (SSSR count). The van der Waals surface area contributed by atoms with Gasteiger partial charge in [-0.2, -0.15) is 0 Å². The summed E-state index contributed by atoms with van der Waals surface area (Å²) in [5.74, 6) is -2.36. The third-order valence-electron chi connectivity index (χ3n) is 12.3. The summed E-state index contributed by atoms with van der Waals surface area (Å²) in [4.78, 5) is 49.3. The number of hydrogen-bond acceptors (Lipinski definition) is 6. The lowest BCUT2D eigenvalue weighted by Crippen LogP contribution is -2.69. The van der Waals surface area contributed by atoms with E-state index in [1.807, 2.05) is 26.8 Å². The number of hydrogen-bond donors (Lipinski definition) is 4. The smallest absolute Gasteiger partial charge is 0.310 e. The zero-order valence-corrected chi connectivity index (χ0v) is 25.3. The predicted molar refractivity (Wildman–Crippen MR) is 153 cm³/mol. The van der Waals surface area contributed by atoms with Gasteiger partial charge in [-0.3, -0.25) is 19.2 Å². The first kappa shape index (κ1) is 30.4. The van der Waals surface area contributed by atoms with E-state index in [9.17, 15) is 34.5 Å². The standard InChI is InChI=1S/C32H44ClNO7/c1-18-13-24-23-6-5-21-14-22(36)9-10-28(21,3)31(23,33)25(37)15-29(24,4)32(18,41)26(38)16-30(27(39)40)11-7-20(8-12-30)17-34-19(2)35/h9-10,14,18,20,23-25,37,41H,5-8,11-13,15-17H2,1-4H3,(H,34,35)(H,39,40)/t18-,20?,23-,24-,25-,28-,29-,30?,31-,32-/m0/s1. The molecule has 4 N–H and O–H groups in total. The second-order valence-corrected chi connectivity index (χ2v) is 14.9. The highest BCUT2D eigenvalue weighted by atomic mass is 35.5. The number of carboxylic acids is 1. The van der Waals surface area contributed by atoms with Gasteiger partial charge in [0.15, 0.2) is 11.6 Å². The number of amides is 1. The molecule has 0 saturated heterocycles. The van der Waals surface area contributed by atoms with E-state index in [-0.39, 0.29) is 42.3 Å². The van der Waals surface area contributed by atoms with E-state index in [0.29, 0.717) is 51.5 Å². The molecule has 0 spiro atoms. The number of aliphatic carboxylic acids is 1. The monoisotopic (exact) mass is 589 g/mol. The number of aliphatic hydroxyl groups is 2. The van der Waals surface area contributed by atoms with Crippen molar-refractivity contribution in [2.75, 3.05) is 6.54 Å². The Balaban J connectivity index is 1.42. The lowest BCUT2D eigenvalue weighted by molar-refractivity contribution is -0.182. The molecule has 5 aliphatic carbocycles. The SMILES string of the molecule is CC(=O)NCC1CCC(CC(=O)[C@@]2(O)[C@@H](C)C[C@H]3[C@@H]4CCC5=CC(=O)C=C[C@]5(C)[C@@]4(Cl)[C@@H](O)C[C@@]32C)(C(=O)O)CC1. The number of fused-ring (bicyclic) bond motifs is 5. The van der Waals surface area contributed by atoms with Crippen molar-refractivity contribution in [3.63, 3.8) is 0 Å². The highest BCUT2D eigenvalue weighted by Gasteiger charge is 2.74. The average molecular weight is 590 g/mol. The summed E-state index contributed by atoms with van der Waals surface area (Å²) in [5.41, 5.74) is -3.88. The fourth-order valence-corrected chi connectivity index (χ4v) is 10.3. The zero-order chi connectivity index (χ0) is 30.2. The third kappa shape index (κ3) is 4.21. The minimum absolute atomic E-state index is 0.0858. The van der Waals surface area contributed by atoms with E-state index in [2.05, 4.69) is 5.32 Å². The van der Waals surface area contributed by atoms with Gasteiger partial charge in [-0.1, -0.05) is 32.4 Å². The topological polar surface area (TPSA) is 141 Å². The molecule has 0 bridgehead atoms. The maximum Gasteiger partial charge on any atom is 0.310 e. The van der Waals surface area contributed by atoms with Gasteiger partial charge in [-0.05, 0) is 87.2 Å². The van der Waals surface area contributed by atoms with Crippen LogP contribution in [0.1, 0.15) is 85.5 Å². The molecule has 0 unspecified atom stereocenters. The van der Waals surface area contributed by atoms with Crippen LogP contribution >= 0.6 is 11.6 Å². The van der Waals surface area contributed by atoms with E-state index < -0.39 is 50.5 Å². The maximum absolute atomic E-state index is 14.2. The number of carbonyl (C=O) groups excluding carboxylic acids is 3. The van der Waals surface area contributed by atoms with Gasteiger partial charge in [-0.25, -0.2) is 0 Å². The molecular weight excluding hydrogens is 546 g/mol. The van der Waals surface area contributed by atoms with E-state index in [0.717, 1.165) is 5.57 Å². The molecule has 41 heavy (non-hydrogen) atoms. The second kappa shape index (κ2) is 10.0. The van der Waals surface area contributed by atoms with Gasteiger partial charge in [-0.15, -0.1) is 11.6 Å². The van der Waals surface area contributed by atoms with Crippen LogP contribution in [-0.4, -0.2) is 61.9 Å². The van der Waals surface area contributed by atoms with Gasteiger partial charge in [0.05, 0.1) is 16.4 Å². The summed E-state index contributed by atoms with van der Waals surface area (Å²) < 4.78 is 0. The molecule has 0 aliphatic heterocycles. The Morgan fingerprint density at radius 2 is 1.78 bits per heavy atom.